The minimum absolute atomic E-state index is 0.932. The standard InChI is InChI=1S/C7H12NO/c1-3-4-5-6-7-8-9-2/h1,3,7H,4-6H2,2H3. The van der Waals surface area contributed by atoms with E-state index in [0.717, 1.165) is 19.3 Å². The van der Waals surface area contributed by atoms with Gasteiger partial charge < -0.3 is 4.84 Å². The Balaban J connectivity index is 2.90. The maximum atomic E-state index is 5.14. The molecule has 2 nitrogen and oxygen atoms in total. The van der Waals surface area contributed by atoms with Gasteiger partial charge in [-0.25, -0.2) is 0 Å². The van der Waals surface area contributed by atoms with Crippen molar-refractivity contribution in [3.63, 3.8) is 0 Å². The lowest BCUT2D eigenvalue weighted by molar-refractivity contribution is 0.214. The van der Waals surface area contributed by atoms with Crippen LogP contribution in [0.2, 0.25) is 0 Å². The van der Waals surface area contributed by atoms with E-state index in [-0.39, 0.29) is 0 Å². The largest absolute Gasteiger partial charge is 0.399 e. The van der Waals surface area contributed by atoms with E-state index < -0.39 is 0 Å². The summed E-state index contributed by atoms with van der Waals surface area (Å²) in [4.78, 5) is 4.45. The van der Waals surface area contributed by atoms with Gasteiger partial charge in [0.25, 0.3) is 0 Å². The van der Waals surface area contributed by atoms with Crippen LogP contribution in [0.15, 0.2) is 11.2 Å². The summed E-state index contributed by atoms with van der Waals surface area (Å²) in [6, 6.07) is 0. The van der Waals surface area contributed by atoms with E-state index in [1.807, 2.05) is 0 Å². The van der Waals surface area contributed by atoms with Crippen LogP contribution < -0.4 is 0 Å². The molecule has 0 unspecified atom stereocenters. The fourth-order valence-corrected chi connectivity index (χ4v) is 0.454. The van der Waals surface area contributed by atoms with E-state index in [1.165, 1.54) is 7.11 Å². The highest BCUT2D eigenvalue weighted by Crippen LogP contribution is 1.91. The zero-order valence-electron chi connectivity index (χ0n) is 5.71. The molecule has 0 aromatic heterocycles. The van der Waals surface area contributed by atoms with Crippen molar-refractivity contribution >= 4 is 6.21 Å². The number of oxime groups is 1. The van der Waals surface area contributed by atoms with E-state index in [1.54, 1.807) is 12.3 Å². The second kappa shape index (κ2) is 7.21. The Bertz CT molecular complexity index is 88.9. The summed E-state index contributed by atoms with van der Waals surface area (Å²) in [7, 11) is 1.53. The number of unbranched alkanes of at least 4 members (excludes halogenated alkanes) is 2. The third-order valence-corrected chi connectivity index (χ3v) is 0.884. The highest BCUT2D eigenvalue weighted by molar-refractivity contribution is 5.56. The predicted molar refractivity (Wildman–Crippen MR) is 38.2 cm³/mol. The molecule has 1 radical (unpaired) electrons. The molecule has 0 spiro atoms. The van der Waals surface area contributed by atoms with Crippen LogP contribution in [0.25, 0.3) is 0 Å². The van der Waals surface area contributed by atoms with Crippen molar-refractivity contribution in [3.8, 4) is 0 Å². The summed E-state index contributed by atoms with van der Waals surface area (Å²) < 4.78 is 0. The van der Waals surface area contributed by atoms with E-state index in [4.69, 9.17) is 6.58 Å². The van der Waals surface area contributed by atoms with Crippen molar-refractivity contribution < 1.29 is 4.84 Å². The van der Waals surface area contributed by atoms with Crippen molar-refractivity contribution in [1.29, 1.82) is 0 Å². The zero-order valence-corrected chi connectivity index (χ0v) is 5.71. The van der Waals surface area contributed by atoms with Gasteiger partial charge in [-0.05, 0) is 19.3 Å². The van der Waals surface area contributed by atoms with E-state index in [9.17, 15) is 0 Å². The molecule has 0 bridgehead atoms. The Hall–Kier alpha value is -0.790. The molecule has 0 aromatic rings. The first-order chi connectivity index (χ1) is 4.41. The number of nitrogens with zero attached hydrogens (tertiary/aromatic N) is 1. The molecule has 51 valence electrons. The molecule has 0 N–H and O–H groups in total. The summed E-state index contributed by atoms with van der Waals surface area (Å²) in [5, 5.41) is 3.56. The predicted octanol–water partition coefficient (Wildman–Crippen LogP) is 1.78. The minimum atomic E-state index is 0.932. The number of hydrogen-bond donors (Lipinski definition) is 0. The van der Waals surface area contributed by atoms with E-state index in [0.29, 0.717) is 0 Å². The third kappa shape index (κ3) is 7.21. The van der Waals surface area contributed by atoms with Crippen molar-refractivity contribution in [3.05, 3.63) is 12.7 Å². The SMILES string of the molecule is [CH]=CCCCC=NOC. The summed E-state index contributed by atoms with van der Waals surface area (Å²) in [6.45, 7) is 5.14. The van der Waals surface area contributed by atoms with Crippen LogP contribution in [-0.2, 0) is 4.84 Å². The second-order valence-electron chi connectivity index (χ2n) is 1.64. The van der Waals surface area contributed by atoms with Gasteiger partial charge in [-0.2, -0.15) is 0 Å². The Kier molecular flexibility index (Phi) is 6.58. The first kappa shape index (κ1) is 8.21. The van der Waals surface area contributed by atoms with Gasteiger partial charge in [0.05, 0.1) is 0 Å². The minimum Gasteiger partial charge on any atom is -0.399 e. The molecule has 0 aliphatic rings. The molecule has 9 heavy (non-hydrogen) atoms. The van der Waals surface area contributed by atoms with Crippen LogP contribution >= 0.6 is 0 Å². The second-order valence-corrected chi connectivity index (χ2v) is 1.64. The van der Waals surface area contributed by atoms with Crippen LogP contribution in [0, 0.1) is 6.58 Å². The Morgan fingerprint density at radius 1 is 1.56 bits per heavy atom. The van der Waals surface area contributed by atoms with Crippen LogP contribution in [0.5, 0.6) is 0 Å². The molecular weight excluding hydrogens is 114 g/mol. The first-order valence-corrected chi connectivity index (χ1v) is 3.00. The molecule has 0 saturated heterocycles. The summed E-state index contributed by atoms with van der Waals surface area (Å²) >= 11 is 0. The van der Waals surface area contributed by atoms with Gasteiger partial charge in [-0.1, -0.05) is 17.8 Å². The number of allylic oxidation sites excluding steroid dienone is 1. The average Bonchev–Trinajstić information content (AvgIpc) is 1.89. The lowest BCUT2D eigenvalue weighted by Crippen LogP contribution is -1.76. The van der Waals surface area contributed by atoms with Crippen molar-refractivity contribution in [2.75, 3.05) is 7.11 Å². The molecule has 0 aliphatic heterocycles. The quantitative estimate of drug-likeness (QED) is 0.312. The van der Waals surface area contributed by atoms with Gasteiger partial charge in [-0.15, -0.1) is 0 Å². The molecule has 0 atom stereocenters. The van der Waals surface area contributed by atoms with Crippen LogP contribution in [0.3, 0.4) is 0 Å². The highest BCUT2D eigenvalue weighted by atomic mass is 16.6. The Morgan fingerprint density at radius 2 is 2.33 bits per heavy atom. The van der Waals surface area contributed by atoms with E-state index in [2.05, 4.69) is 9.99 Å². The van der Waals surface area contributed by atoms with Gasteiger partial charge in [0, 0.05) is 6.21 Å². The van der Waals surface area contributed by atoms with Crippen LogP contribution in [0.4, 0.5) is 0 Å². The molecule has 0 saturated carbocycles. The fraction of sp³-hybridized carbons (Fsp3) is 0.571. The Labute approximate surface area is 56.2 Å². The molecular formula is C7H12NO. The topological polar surface area (TPSA) is 21.6 Å². The summed E-state index contributed by atoms with van der Waals surface area (Å²) in [6.07, 6.45) is 6.31. The van der Waals surface area contributed by atoms with Gasteiger partial charge in [0.1, 0.15) is 7.11 Å². The number of hydrogen-bond acceptors (Lipinski definition) is 2. The van der Waals surface area contributed by atoms with E-state index >= 15 is 0 Å². The maximum Gasteiger partial charge on any atom is 0.106 e. The molecule has 0 aromatic carbocycles. The molecule has 0 aliphatic carbocycles. The highest BCUT2D eigenvalue weighted by Gasteiger charge is 1.78. The summed E-state index contributed by atoms with van der Waals surface area (Å²) in [5.41, 5.74) is 0. The zero-order chi connectivity index (χ0) is 6.95. The lowest BCUT2D eigenvalue weighted by Gasteiger charge is -1.87. The Morgan fingerprint density at radius 3 is 2.89 bits per heavy atom. The average molecular weight is 126 g/mol. The van der Waals surface area contributed by atoms with Crippen molar-refractivity contribution in [2.24, 2.45) is 5.16 Å². The van der Waals surface area contributed by atoms with Crippen molar-refractivity contribution in [1.82, 2.24) is 0 Å². The monoisotopic (exact) mass is 126 g/mol. The van der Waals surface area contributed by atoms with Gasteiger partial charge in [-0.3, -0.25) is 0 Å². The van der Waals surface area contributed by atoms with Gasteiger partial charge >= 0.3 is 0 Å². The molecule has 2 heteroatoms. The summed E-state index contributed by atoms with van der Waals surface area (Å²) in [5.74, 6) is 0. The first-order valence-electron chi connectivity index (χ1n) is 3.00. The molecule has 0 rings (SSSR count). The number of rotatable bonds is 5. The maximum absolute atomic E-state index is 5.14. The molecule has 0 fully saturated rings. The van der Waals surface area contributed by atoms with Crippen LogP contribution in [-0.4, -0.2) is 13.3 Å². The van der Waals surface area contributed by atoms with Crippen molar-refractivity contribution in [2.45, 2.75) is 19.3 Å². The molecule has 0 heterocycles. The van der Waals surface area contributed by atoms with Crippen LogP contribution in [0.1, 0.15) is 19.3 Å². The molecule has 0 amide bonds. The third-order valence-electron chi connectivity index (χ3n) is 0.884. The lowest BCUT2D eigenvalue weighted by atomic mass is 10.2. The van der Waals surface area contributed by atoms with Gasteiger partial charge in [0.2, 0.25) is 0 Å². The smallest absolute Gasteiger partial charge is 0.106 e. The fourth-order valence-electron chi connectivity index (χ4n) is 0.454. The normalized spacial score (nSPS) is 9.89. The van der Waals surface area contributed by atoms with Gasteiger partial charge in [0.15, 0.2) is 0 Å².